The van der Waals surface area contributed by atoms with Gasteiger partial charge in [-0.25, -0.2) is 4.79 Å². The minimum absolute atomic E-state index is 0.307. The summed E-state index contributed by atoms with van der Waals surface area (Å²) in [5, 5.41) is 4.23. The number of para-hydroxylation sites is 1. The molecule has 2 aromatic carbocycles. The lowest BCUT2D eigenvalue weighted by Gasteiger charge is -2.08. The maximum Gasteiger partial charge on any atom is 0.350 e. The van der Waals surface area contributed by atoms with Crippen molar-refractivity contribution in [3.63, 3.8) is 0 Å². The molecule has 0 bridgehead atoms. The highest BCUT2D eigenvalue weighted by atomic mass is 79.9. The number of carbonyl (C=O) groups excluding carboxylic acids is 1. The molecule has 0 saturated carbocycles. The van der Waals surface area contributed by atoms with Crippen LogP contribution in [-0.2, 0) is 4.74 Å². The molecule has 0 radical (unpaired) electrons. The summed E-state index contributed by atoms with van der Waals surface area (Å²) in [7, 11) is 1.41. The number of fused-ring (bicyclic) bond motifs is 3. The highest BCUT2D eigenvalue weighted by Gasteiger charge is 2.19. The van der Waals surface area contributed by atoms with Crippen LogP contribution in [-0.4, -0.2) is 17.6 Å². The van der Waals surface area contributed by atoms with Crippen LogP contribution in [0.15, 0.2) is 58.4 Å². The van der Waals surface area contributed by atoms with E-state index in [1.54, 1.807) is 0 Å². The van der Waals surface area contributed by atoms with Crippen LogP contribution < -0.4 is 0 Å². The highest BCUT2D eigenvalue weighted by molar-refractivity contribution is 9.10. The molecule has 4 aromatic rings. The van der Waals surface area contributed by atoms with Crippen LogP contribution >= 0.6 is 27.3 Å². The summed E-state index contributed by atoms with van der Waals surface area (Å²) in [5.41, 5.74) is 3.00. The lowest BCUT2D eigenvalue weighted by atomic mass is 10.2. The highest BCUT2D eigenvalue weighted by Crippen LogP contribution is 2.35. The molecule has 0 atom stereocenters. The SMILES string of the molecule is COC(=O)c1sccc1-n1c2ccccc2c2cc(Br)ccc21. The molecule has 4 rings (SSSR count). The maximum atomic E-state index is 12.1. The van der Waals surface area contributed by atoms with Crippen LogP contribution in [0.2, 0.25) is 0 Å². The maximum absolute atomic E-state index is 12.1. The number of hydrogen-bond acceptors (Lipinski definition) is 3. The van der Waals surface area contributed by atoms with Gasteiger partial charge in [0.25, 0.3) is 0 Å². The van der Waals surface area contributed by atoms with Gasteiger partial charge in [0, 0.05) is 15.2 Å². The molecule has 0 fully saturated rings. The molecule has 0 aliphatic heterocycles. The third-order valence-electron chi connectivity index (χ3n) is 3.89. The predicted molar refractivity (Wildman–Crippen MR) is 97.7 cm³/mol. The molecule has 0 aliphatic carbocycles. The van der Waals surface area contributed by atoms with Crippen molar-refractivity contribution in [2.75, 3.05) is 7.11 Å². The molecule has 2 heterocycles. The lowest BCUT2D eigenvalue weighted by molar-refractivity contribution is 0.0606. The number of carbonyl (C=O) groups is 1. The Hall–Kier alpha value is -2.11. The van der Waals surface area contributed by atoms with Crippen LogP contribution in [0.4, 0.5) is 0 Å². The number of benzene rings is 2. The van der Waals surface area contributed by atoms with Crippen molar-refractivity contribution < 1.29 is 9.53 Å². The molecule has 0 aliphatic rings. The van der Waals surface area contributed by atoms with E-state index in [4.69, 9.17) is 4.74 Å². The molecule has 114 valence electrons. The van der Waals surface area contributed by atoms with Crippen molar-refractivity contribution in [3.05, 3.63) is 63.3 Å². The summed E-state index contributed by atoms with van der Waals surface area (Å²) in [6, 6.07) is 16.4. The Bertz CT molecular complexity index is 1050. The second kappa shape index (κ2) is 5.51. The van der Waals surface area contributed by atoms with Crippen molar-refractivity contribution >= 4 is 55.0 Å². The number of halogens is 1. The van der Waals surface area contributed by atoms with Gasteiger partial charge in [-0.3, -0.25) is 0 Å². The van der Waals surface area contributed by atoms with Gasteiger partial charge in [0.2, 0.25) is 0 Å². The van der Waals surface area contributed by atoms with E-state index < -0.39 is 0 Å². The van der Waals surface area contributed by atoms with Crippen LogP contribution in [0.5, 0.6) is 0 Å². The Kier molecular flexibility index (Phi) is 3.47. The largest absolute Gasteiger partial charge is 0.465 e. The molecule has 0 saturated heterocycles. The Morgan fingerprint density at radius 1 is 1.09 bits per heavy atom. The Morgan fingerprint density at radius 3 is 2.70 bits per heavy atom. The molecular weight excluding hydrogens is 374 g/mol. The quantitative estimate of drug-likeness (QED) is 0.433. The number of ether oxygens (including phenoxy) is 1. The van der Waals surface area contributed by atoms with Gasteiger partial charge in [0.05, 0.1) is 23.8 Å². The normalized spacial score (nSPS) is 11.2. The smallest absolute Gasteiger partial charge is 0.350 e. The Labute approximate surface area is 145 Å². The fourth-order valence-corrected chi connectivity index (χ4v) is 4.08. The average molecular weight is 386 g/mol. The van der Waals surface area contributed by atoms with Crippen LogP contribution in [0.25, 0.3) is 27.5 Å². The first-order valence-corrected chi connectivity index (χ1v) is 8.73. The van der Waals surface area contributed by atoms with Gasteiger partial charge in [-0.1, -0.05) is 34.1 Å². The zero-order valence-electron chi connectivity index (χ0n) is 12.2. The van der Waals surface area contributed by atoms with Gasteiger partial charge in [-0.2, -0.15) is 0 Å². The van der Waals surface area contributed by atoms with Crippen LogP contribution in [0.1, 0.15) is 9.67 Å². The molecule has 0 spiro atoms. The number of methoxy groups -OCH3 is 1. The molecule has 0 N–H and O–H groups in total. The second-order valence-corrected chi connectivity index (χ2v) is 6.97. The van der Waals surface area contributed by atoms with E-state index in [1.165, 1.54) is 18.4 Å². The first kappa shape index (κ1) is 14.5. The summed E-state index contributed by atoms with van der Waals surface area (Å²) >= 11 is 4.94. The monoisotopic (exact) mass is 385 g/mol. The van der Waals surface area contributed by atoms with E-state index in [9.17, 15) is 4.79 Å². The first-order valence-electron chi connectivity index (χ1n) is 7.05. The standard InChI is InChI=1S/C18H12BrNO2S/c1-22-18(21)17-16(8-9-23-17)20-14-5-3-2-4-12(14)13-10-11(19)6-7-15(13)20/h2-10H,1H3. The van der Waals surface area contributed by atoms with Crippen LogP contribution in [0, 0.1) is 0 Å². The van der Waals surface area contributed by atoms with Crippen molar-refractivity contribution in [2.45, 2.75) is 0 Å². The molecular formula is C18H12BrNO2S. The predicted octanol–water partition coefficient (Wildman–Crippen LogP) is 5.39. The minimum Gasteiger partial charge on any atom is -0.465 e. The number of esters is 1. The van der Waals surface area contributed by atoms with Gasteiger partial charge in [0.15, 0.2) is 0 Å². The van der Waals surface area contributed by atoms with E-state index in [0.29, 0.717) is 4.88 Å². The summed E-state index contributed by atoms with van der Waals surface area (Å²) in [4.78, 5) is 12.7. The zero-order chi connectivity index (χ0) is 16.0. The molecule has 23 heavy (non-hydrogen) atoms. The average Bonchev–Trinajstić information content (AvgIpc) is 3.16. The van der Waals surface area contributed by atoms with Crippen molar-refractivity contribution in [3.8, 4) is 5.69 Å². The second-order valence-electron chi connectivity index (χ2n) is 5.14. The minimum atomic E-state index is -0.307. The van der Waals surface area contributed by atoms with E-state index >= 15 is 0 Å². The topological polar surface area (TPSA) is 31.2 Å². The fourth-order valence-electron chi connectivity index (χ4n) is 2.93. The van der Waals surface area contributed by atoms with Crippen molar-refractivity contribution in [2.24, 2.45) is 0 Å². The lowest BCUT2D eigenvalue weighted by Crippen LogP contribution is -2.04. The van der Waals surface area contributed by atoms with E-state index in [1.807, 2.05) is 29.6 Å². The fraction of sp³-hybridized carbons (Fsp3) is 0.0556. The van der Waals surface area contributed by atoms with Gasteiger partial charge in [0.1, 0.15) is 4.88 Å². The third-order valence-corrected chi connectivity index (χ3v) is 5.27. The molecule has 0 amide bonds. The van der Waals surface area contributed by atoms with E-state index in [2.05, 4.69) is 44.8 Å². The number of rotatable bonds is 2. The van der Waals surface area contributed by atoms with Gasteiger partial charge in [-0.15, -0.1) is 11.3 Å². The van der Waals surface area contributed by atoms with Gasteiger partial charge in [-0.05, 0) is 35.7 Å². The third kappa shape index (κ3) is 2.19. The summed E-state index contributed by atoms with van der Waals surface area (Å²) in [6.45, 7) is 0. The number of hydrogen-bond donors (Lipinski definition) is 0. The summed E-state index contributed by atoms with van der Waals surface area (Å²) in [5.74, 6) is -0.307. The molecule has 3 nitrogen and oxygen atoms in total. The Morgan fingerprint density at radius 2 is 1.87 bits per heavy atom. The number of thiophene rings is 1. The summed E-state index contributed by atoms with van der Waals surface area (Å²) in [6.07, 6.45) is 0. The zero-order valence-corrected chi connectivity index (χ0v) is 14.6. The number of nitrogens with zero attached hydrogens (tertiary/aromatic N) is 1. The molecule has 5 heteroatoms. The Balaban J connectivity index is 2.14. The first-order chi connectivity index (χ1) is 11.2. The molecule has 2 aromatic heterocycles. The van der Waals surface area contributed by atoms with E-state index in [-0.39, 0.29) is 5.97 Å². The number of aromatic nitrogens is 1. The summed E-state index contributed by atoms with van der Waals surface area (Å²) < 4.78 is 8.09. The van der Waals surface area contributed by atoms with Crippen molar-refractivity contribution in [1.29, 1.82) is 0 Å². The molecule has 0 unspecified atom stereocenters. The van der Waals surface area contributed by atoms with Gasteiger partial charge < -0.3 is 9.30 Å². The van der Waals surface area contributed by atoms with Gasteiger partial charge >= 0.3 is 5.97 Å². The van der Waals surface area contributed by atoms with Crippen molar-refractivity contribution in [1.82, 2.24) is 4.57 Å². The van der Waals surface area contributed by atoms with Crippen LogP contribution in [0.3, 0.4) is 0 Å². The van der Waals surface area contributed by atoms with E-state index in [0.717, 1.165) is 32.0 Å².